The molecular formula is C10H16ClNO4. The van der Waals surface area contributed by atoms with E-state index in [0.717, 1.165) is 6.42 Å². The van der Waals surface area contributed by atoms with Crippen molar-refractivity contribution in [1.29, 1.82) is 0 Å². The highest BCUT2D eigenvalue weighted by atomic mass is 35.5. The van der Waals surface area contributed by atoms with Crippen molar-refractivity contribution in [1.82, 2.24) is 5.32 Å². The summed E-state index contributed by atoms with van der Waals surface area (Å²) in [6.07, 6.45) is 1.28. The summed E-state index contributed by atoms with van der Waals surface area (Å²) in [6.45, 7) is 1.98. The quantitative estimate of drug-likeness (QED) is 0.580. The number of alkyl halides is 1. The molecule has 1 aliphatic heterocycles. The summed E-state index contributed by atoms with van der Waals surface area (Å²) in [5, 5.41) is 1.71. The number of amides is 1. The van der Waals surface area contributed by atoms with Gasteiger partial charge in [0.1, 0.15) is 11.5 Å². The monoisotopic (exact) mass is 249 g/mol. The van der Waals surface area contributed by atoms with Crippen LogP contribution < -0.4 is 5.32 Å². The molecule has 1 rings (SSSR count). The lowest BCUT2D eigenvalue weighted by molar-refractivity contribution is -0.140. The maximum Gasteiger partial charge on any atom is 0.325 e. The smallest absolute Gasteiger partial charge is 0.325 e. The second-order valence-electron chi connectivity index (χ2n) is 3.75. The standard InChI is InChI=1S/C10H16ClNO4/c1-6-3-4-8(16-6)9(13)12-5-7(11)10(14)15-2/h6-8H,3-5H2,1-2H3,(H,12,13). The average Bonchev–Trinajstić information content (AvgIpc) is 2.71. The van der Waals surface area contributed by atoms with Crippen LogP contribution >= 0.6 is 11.6 Å². The van der Waals surface area contributed by atoms with Crippen LogP contribution in [0.1, 0.15) is 19.8 Å². The van der Waals surface area contributed by atoms with E-state index in [1.54, 1.807) is 0 Å². The molecule has 0 saturated carbocycles. The number of methoxy groups -OCH3 is 1. The molecule has 1 heterocycles. The van der Waals surface area contributed by atoms with E-state index in [4.69, 9.17) is 16.3 Å². The molecule has 0 aliphatic carbocycles. The molecule has 0 aromatic heterocycles. The van der Waals surface area contributed by atoms with Gasteiger partial charge in [-0.15, -0.1) is 11.6 Å². The Morgan fingerprint density at radius 3 is 2.75 bits per heavy atom. The number of carbonyl (C=O) groups is 2. The molecule has 0 aromatic rings. The van der Waals surface area contributed by atoms with Crippen molar-refractivity contribution in [3.8, 4) is 0 Å². The van der Waals surface area contributed by atoms with Gasteiger partial charge in [0, 0.05) is 6.54 Å². The van der Waals surface area contributed by atoms with Gasteiger partial charge in [0.05, 0.1) is 13.2 Å². The van der Waals surface area contributed by atoms with Crippen molar-refractivity contribution >= 4 is 23.5 Å². The van der Waals surface area contributed by atoms with Crippen molar-refractivity contribution in [3.63, 3.8) is 0 Å². The van der Waals surface area contributed by atoms with Crippen molar-refractivity contribution in [2.45, 2.75) is 37.4 Å². The predicted molar refractivity (Wildman–Crippen MR) is 58.2 cm³/mol. The Kier molecular flexibility index (Phi) is 5.02. The lowest BCUT2D eigenvalue weighted by atomic mass is 10.2. The molecule has 0 aromatic carbocycles. The van der Waals surface area contributed by atoms with Gasteiger partial charge in [0.2, 0.25) is 5.91 Å². The highest BCUT2D eigenvalue weighted by Gasteiger charge is 2.28. The summed E-state index contributed by atoms with van der Waals surface area (Å²) >= 11 is 5.68. The van der Waals surface area contributed by atoms with Gasteiger partial charge in [-0.2, -0.15) is 0 Å². The summed E-state index contributed by atoms with van der Waals surface area (Å²) in [5.74, 6) is -0.776. The minimum absolute atomic E-state index is 0.0568. The van der Waals surface area contributed by atoms with Gasteiger partial charge in [-0.05, 0) is 19.8 Å². The van der Waals surface area contributed by atoms with Crippen LogP contribution in [0.3, 0.4) is 0 Å². The Labute approximate surface area is 99.4 Å². The van der Waals surface area contributed by atoms with Crippen LogP contribution in [0.4, 0.5) is 0 Å². The van der Waals surface area contributed by atoms with Crippen molar-refractivity contribution in [2.24, 2.45) is 0 Å². The van der Waals surface area contributed by atoms with Gasteiger partial charge in [-0.1, -0.05) is 0 Å². The van der Waals surface area contributed by atoms with Gasteiger partial charge in [0.25, 0.3) is 0 Å². The zero-order valence-corrected chi connectivity index (χ0v) is 10.1. The third kappa shape index (κ3) is 3.64. The molecule has 1 fully saturated rings. The predicted octanol–water partition coefficient (Wildman–Crippen LogP) is 0.450. The van der Waals surface area contributed by atoms with Crippen LogP contribution in [0.15, 0.2) is 0 Å². The maximum absolute atomic E-state index is 11.6. The van der Waals surface area contributed by atoms with E-state index in [0.29, 0.717) is 6.42 Å². The van der Waals surface area contributed by atoms with Crippen LogP contribution in [0.25, 0.3) is 0 Å². The number of halogens is 1. The third-order valence-electron chi connectivity index (χ3n) is 2.44. The first-order valence-corrected chi connectivity index (χ1v) is 5.63. The van der Waals surface area contributed by atoms with Crippen LogP contribution in [-0.4, -0.2) is 43.1 Å². The zero-order valence-electron chi connectivity index (χ0n) is 9.36. The molecule has 92 valence electrons. The largest absolute Gasteiger partial charge is 0.468 e. The van der Waals surface area contributed by atoms with E-state index in [1.165, 1.54) is 7.11 Å². The SMILES string of the molecule is COC(=O)C(Cl)CNC(=O)C1CCC(C)O1. The number of carbonyl (C=O) groups excluding carboxylic acids is 2. The van der Waals surface area contributed by atoms with E-state index in [1.807, 2.05) is 6.92 Å². The van der Waals surface area contributed by atoms with Gasteiger partial charge < -0.3 is 14.8 Å². The molecule has 1 amide bonds. The lowest BCUT2D eigenvalue weighted by Crippen LogP contribution is -2.40. The molecular weight excluding hydrogens is 234 g/mol. The Bertz CT molecular complexity index is 272. The second-order valence-corrected chi connectivity index (χ2v) is 4.28. The number of hydrogen-bond acceptors (Lipinski definition) is 4. The minimum Gasteiger partial charge on any atom is -0.468 e. The molecule has 6 heteroatoms. The first-order valence-electron chi connectivity index (χ1n) is 5.19. The van der Waals surface area contributed by atoms with Gasteiger partial charge >= 0.3 is 5.97 Å². The van der Waals surface area contributed by atoms with Crippen molar-refractivity contribution in [3.05, 3.63) is 0 Å². The van der Waals surface area contributed by atoms with Gasteiger partial charge in [-0.3, -0.25) is 9.59 Å². The fourth-order valence-corrected chi connectivity index (χ4v) is 1.68. The van der Waals surface area contributed by atoms with E-state index in [-0.39, 0.29) is 18.6 Å². The number of rotatable bonds is 4. The summed E-state index contributed by atoms with van der Waals surface area (Å²) in [7, 11) is 1.25. The molecule has 3 atom stereocenters. The Hall–Kier alpha value is -0.810. The highest BCUT2D eigenvalue weighted by molar-refractivity contribution is 6.30. The Balaban J connectivity index is 2.27. The highest BCUT2D eigenvalue weighted by Crippen LogP contribution is 2.18. The second kappa shape index (κ2) is 6.06. The van der Waals surface area contributed by atoms with Crippen LogP contribution in [-0.2, 0) is 19.1 Å². The molecule has 5 nitrogen and oxygen atoms in total. The summed E-state index contributed by atoms with van der Waals surface area (Å²) in [5.41, 5.74) is 0. The fourth-order valence-electron chi connectivity index (χ4n) is 1.51. The molecule has 16 heavy (non-hydrogen) atoms. The molecule has 1 N–H and O–H groups in total. The fraction of sp³-hybridized carbons (Fsp3) is 0.800. The number of hydrogen-bond donors (Lipinski definition) is 1. The summed E-state index contributed by atoms with van der Waals surface area (Å²) in [6, 6.07) is 0. The van der Waals surface area contributed by atoms with Crippen LogP contribution in [0, 0.1) is 0 Å². The molecule has 0 radical (unpaired) electrons. The topological polar surface area (TPSA) is 64.6 Å². The van der Waals surface area contributed by atoms with Crippen molar-refractivity contribution < 1.29 is 19.1 Å². The Morgan fingerprint density at radius 2 is 2.25 bits per heavy atom. The number of esters is 1. The van der Waals surface area contributed by atoms with E-state index < -0.39 is 17.5 Å². The maximum atomic E-state index is 11.6. The number of nitrogens with one attached hydrogen (secondary N) is 1. The van der Waals surface area contributed by atoms with Crippen LogP contribution in [0.2, 0.25) is 0 Å². The minimum atomic E-state index is -0.854. The molecule has 1 aliphatic rings. The first-order chi connectivity index (χ1) is 7.54. The molecule has 0 bridgehead atoms. The normalized spacial score (nSPS) is 26.2. The van der Waals surface area contributed by atoms with E-state index >= 15 is 0 Å². The molecule has 0 spiro atoms. The molecule has 1 saturated heterocycles. The average molecular weight is 250 g/mol. The zero-order chi connectivity index (χ0) is 12.1. The molecule has 3 unspecified atom stereocenters. The van der Waals surface area contributed by atoms with Crippen molar-refractivity contribution in [2.75, 3.05) is 13.7 Å². The van der Waals surface area contributed by atoms with Gasteiger partial charge in [-0.25, -0.2) is 0 Å². The van der Waals surface area contributed by atoms with E-state index in [2.05, 4.69) is 10.1 Å². The first kappa shape index (κ1) is 13.3. The number of ether oxygens (including phenoxy) is 2. The van der Waals surface area contributed by atoms with Gasteiger partial charge in [0.15, 0.2) is 0 Å². The van der Waals surface area contributed by atoms with Crippen LogP contribution in [0.5, 0.6) is 0 Å². The third-order valence-corrected chi connectivity index (χ3v) is 2.77. The summed E-state index contributed by atoms with van der Waals surface area (Å²) in [4.78, 5) is 22.5. The Morgan fingerprint density at radius 1 is 1.56 bits per heavy atom. The summed E-state index contributed by atoms with van der Waals surface area (Å²) < 4.78 is 9.80. The van der Waals surface area contributed by atoms with E-state index in [9.17, 15) is 9.59 Å². The lowest BCUT2D eigenvalue weighted by Gasteiger charge is -2.13.